The zero-order chi connectivity index (χ0) is 34.6. The lowest BCUT2D eigenvalue weighted by molar-refractivity contribution is -0.146. The van der Waals surface area contributed by atoms with Crippen LogP contribution in [0.2, 0.25) is 0 Å². The van der Waals surface area contributed by atoms with E-state index in [1.165, 1.54) is 15.9 Å². The van der Waals surface area contributed by atoms with Crippen LogP contribution < -0.4 is 27.4 Å². The molecule has 2 fully saturated rings. The number of nitrogens with one attached hydrogen (secondary N) is 3. The first kappa shape index (κ1) is 38.2. The van der Waals surface area contributed by atoms with E-state index in [-0.39, 0.29) is 43.0 Å². The van der Waals surface area contributed by atoms with E-state index >= 15 is 0 Å². The number of hydrogen-bond acceptors (Lipinski definition) is 8. The van der Waals surface area contributed by atoms with Gasteiger partial charge >= 0.3 is 5.97 Å². The summed E-state index contributed by atoms with van der Waals surface area (Å²) in [5, 5.41) is 17.3. The van der Waals surface area contributed by atoms with Gasteiger partial charge in [-0.3, -0.25) is 28.8 Å². The molecule has 0 aromatic carbocycles. The van der Waals surface area contributed by atoms with Crippen LogP contribution in [0.5, 0.6) is 0 Å². The van der Waals surface area contributed by atoms with Gasteiger partial charge in [0, 0.05) is 31.6 Å². The van der Waals surface area contributed by atoms with Gasteiger partial charge in [0.1, 0.15) is 24.2 Å². The molecule has 15 nitrogen and oxygen atoms in total. The highest BCUT2D eigenvalue weighted by molar-refractivity contribution is 5.96. The van der Waals surface area contributed by atoms with Crippen LogP contribution in [0, 0.1) is 11.8 Å². The maximum atomic E-state index is 13.6. The first-order chi connectivity index (χ1) is 21.7. The fourth-order valence-electron chi connectivity index (χ4n) is 5.88. The highest BCUT2D eigenvalue weighted by atomic mass is 16.4. The average Bonchev–Trinajstić information content (AvgIpc) is 3.69. The Balaban J connectivity index is 2.23. The predicted molar refractivity (Wildman–Crippen MR) is 168 cm³/mol. The Kier molecular flexibility index (Phi) is 15.1. The van der Waals surface area contributed by atoms with Gasteiger partial charge < -0.3 is 42.3 Å². The number of likely N-dealkylation sites (tertiary alicyclic amines) is 2. The Morgan fingerprint density at radius 2 is 1.54 bits per heavy atom. The van der Waals surface area contributed by atoms with Crippen molar-refractivity contribution in [2.24, 2.45) is 23.3 Å². The fourth-order valence-corrected chi connectivity index (χ4v) is 5.88. The van der Waals surface area contributed by atoms with Crippen LogP contribution in [0.3, 0.4) is 0 Å². The third-order valence-corrected chi connectivity index (χ3v) is 8.50. The number of nitrogens with zero attached hydrogens (tertiary/aromatic N) is 2. The zero-order valence-electron chi connectivity index (χ0n) is 27.3. The van der Waals surface area contributed by atoms with Crippen molar-refractivity contribution in [2.45, 2.75) is 109 Å². The minimum absolute atomic E-state index is 0.133. The van der Waals surface area contributed by atoms with E-state index < -0.39 is 59.8 Å². The number of nitrogens with two attached hydrogens (primary N) is 2. The van der Waals surface area contributed by atoms with Crippen molar-refractivity contribution in [3.05, 3.63) is 12.2 Å². The van der Waals surface area contributed by atoms with Crippen molar-refractivity contribution in [1.82, 2.24) is 25.8 Å². The summed E-state index contributed by atoms with van der Waals surface area (Å²) in [5.74, 6) is -4.56. The fraction of sp³-hybridized carbons (Fsp3) is 0.710. The molecule has 6 amide bonds. The van der Waals surface area contributed by atoms with Gasteiger partial charge in [-0.05, 0) is 50.4 Å². The first-order valence-electron chi connectivity index (χ1n) is 16.1. The third-order valence-electron chi connectivity index (χ3n) is 8.50. The summed E-state index contributed by atoms with van der Waals surface area (Å²) in [5.41, 5.74) is 10.9. The molecule has 0 bridgehead atoms. The number of primary amides is 1. The van der Waals surface area contributed by atoms with Crippen molar-refractivity contribution in [3.63, 3.8) is 0 Å². The molecule has 0 aliphatic carbocycles. The SMILES string of the molecule is CC[C@H](C)[C@H](NC(=O)[C@H](CCC(N)=O)NC(=O)[C@@H]1CCCN1C(=O)[C@@H]1CCCN1C(=O)CN)C(=O)N[C@@H](/C=C/C(=O)O)CC(C)C. The topological polar surface area (TPSA) is 234 Å². The summed E-state index contributed by atoms with van der Waals surface area (Å²) in [4.78, 5) is 92.0. The Bertz CT molecular complexity index is 1160. The maximum absolute atomic E-state index is 13.6. The second-order valence-corrected chi connectivity index (χ2v) is 12.5. The quantitative estimate of drug-likeness (QED) is 0.110. The molecule has 2 heterocycles. The van der Waals surface area contributed by atoms with Gasteiger partial charge in [-0.25, -0.2) is 4.79 Å². The number of hydrogen-bond donors (Lipinski definition) is 6. The predicted octanol–water partition coefficient (Wildman–Crippen LogP) is -0.620. The molecule has 8 N–H and O–H groups in total. The van der Waals surface area contributed by atoms with Crippen molar-refractivity contribution in [1.29, 1.82) is 0 Å². The third kappa shape index (κ3) is 11.1. The molecule has 258 valence electrons. The summed E-state index contributed by atoms with van der Waals surface area (Å²) >= 11 is 0. The highest BCUT2D eigenvalue weighted by Gasteiger charge is 2.42. The Hall–Kier alpha value is -4.01. The summed E-state index contributed by atoms with van der Waals surface area (Å²) in [6, 6.07) is -4.47. The van der Waals surface area contributed by atoms with Gasteiger partial charge in [-0.1, -0.05) is 40.2 Å². The molecule has 15 heteroatoms. The number of carboxylic acid groups (broad SMARTS) is 1. The number of carbonyl (C=O) groups excluding carboxylic acids is 6. The molecule has 2 rings (SSSR count). The number of carbonyl (C=O) groups is 7. The molecule has 0 unspecified atom stereocenters. The number of rotatable bonds is 17. The molecule has 0 spiro atoms. The van der Waals surface area contributed by atoms with Crippen LogP contribution >= 0.6 is 0 Å². The number of aliphatic carboxylic acids is 1. The van der Waals surface area contributed by atoms with E-state index in [4.69, 9.17) is 16.6 Å². The Labute approximate surface area is 270 Å². The van der Waals surface area contributed by atoms with Crippen LogP contribution in [-0.4, -0.2) is 106 Å². The van der Waals surface area contributed by atoms with Crippen LogP contribution in [0.15, 0.2) is 12.2 Å². The van der Waals surface area contributed by atoms with Crippen LogP contribution in [0.1, 0.15) is 79.1 Å². The summed E-state index contributed by atoms with van der Waals surface area (Å²) < 4.78 is 0. The molecular formula is C31H51N7O8. The minimum Gasteiger partial charge on any atom is -0.478 e. The molecule has 2 aliphatic rings. The molecule has 2 aliphatic heterocycles. The molecular weight excluding hydrogens is 598 g/mol. The summed E-state index contributed by atoms with van der Waals surface area (Å²) in [7, 11) is 0. The normalized spacial score (nSPS) is 20.7. The van der Waals surface area contributed by atoms with E-state index in [2.05, 4.69) is 16.0 Å². The van der Waals surface area contributed by atoms with Gasteiger partial charge in [0.05, 0.1) is 6.54 Å². The van der Waals surface area contributed by atoms with Crippen molar-refractivity contribution >= 4 is 41.4 Å². The Morgan fingerprint density at radius 1 is 0.913 bits per heavy atom. The lowest BCUT2D eigenvalue weighted by Gasteiger charge is -2.32. The first-order valence-corrected chi connectivity index (χ1v) is 16.1. The van der Waals surface area contributed by atoms with Crippen molar-refractivity contribution in [3.8, 4) is 0 Å². The number of amides is 6. The molecule has 0 aromatic heterocycles. The van der Waals surface area contributed by atoms with E-state index in [1.54, 1.807) is 6.92 Å². The second-order valence-electron chi connectivity index (χ2n) is 12.5. The standard InChI is InChI=1S/C31H51N7O8/c1-5-19(4)27(30(45)34-20(16-18(2)3)10-13-26(41)42)36-28(43)21(11-12-24(33)39)35-29(44)22-8-6-15-38(22)31(46)23-9-7-14-37(23)25(40)17-32/h10,13,18-23,27H,5-9,11-12,14-17,32H2,1-4H3,(H2,33,39)(H,34,45)(H,35,44)(H,36,43)(H,41,42)/b13-10+/t19-,20-,21-,22-,23-,27-/m0/s1. The van der Waals surface area contributed by atoms with Gasteiger partial charge in [0.25, 0.3) is 0 Å². The highest BCUT2D eigenvalue weighted by Crippen LogP contribution is 2.25. The molecule has 0 radical (unpaired) electrons. The summed E-state index contributed by atoms with van der Waals surface area (Å²) in [6.07, 6.45) is 4.95. The Morgan fingerprint density at radius 3 is 2.11 bits per heavy atom. The van der Waals surface area contributed by atoms with Crippen molar-refractivity contribution < 1.29 is 38.7 Å². The molecule has 6 atom stereocenters. The van der Waals surface area contributed by atoms with Crippen molar-refractivity contribution in [2.75, 3.05) is 19.6 Å². The lowest BCUT2D eigenvalue weighted by Crippen LogP contribution is -2.59. The lowest BCUT2D eigenvalue weighted by atomic mass is 9.96. The van der Waals surface area contributed by atoms with E-state index in [1.807, 2.05) is 20.8 Å². The average molecular weight is 650 g/mol. The van der Waals surface area contributed by atoms with E-state index in [9.17, 15) is 33.6 Å². The molecule has 0 aromatic rings. The second kappa shape index (κ2) is 18.2. The number of carboxylic acids is 1. The van der Waals surface area contributed by atoms with E-state index in [0.717, 1.165) is 6.08 Å². The van der Waals surface area contributed by atoms with E-state index in [0.29, 0.717) is 51.6 Å². The summed E-state index contributed by atoms with van der Waals surface area (Å²) in [6.45, 7) is 7.96. The van der Waals surface area contributed by atoms with Gasteiger partial charge in [0.15, 0.2) is 0 Å². The minimum atomic E-state index is -1.24. The van der Waals surface area contributed by atoms with Gasteiger partial charge in [-0.2, -0.15) is 0 Å². The molecule has 46 heavy (non-hydrogen) atoms. The smallest absolute Gasteiger partial charge is 0.328 e. The maximum Gasteiger partial charge on any atom is 0.328 e. The van der Waals surface area contributed by atoms with Crippen LogP contribution in [0.25, 0.3) is 0 Å². The monoisotopic (exact) mass is 649 g/mol. The molecule has 0 saturated carbocycles. The largest absolute Gasteiger partial charge is 0.478 e. The van der Waals surface area contributed by atoms with Crippen LogP contribution in [0.4, 0.5) is 0 Å². The van der Waals surface area contributed by atoms with Gasteiger partial charge in [-0.15, -0.1) is 0 Å². The van der Waals surface area contributed by atoms with Gasteiger partial charge in [0.2, 0.25) is 35.4 Å². The van der Waals surface area contributed by atoms with Crippen LogP contribution in [-0.2, 0) is 33.6 Å². The molecule has 2 saturated heterocycles. The zero-order valence-corrected chi connectivity index (χ0v) is 27.3.